The number of esters is 1. The largest absolute Gasteiger partial charge is 0.466 e. The van der Waals surface area contributed by atoms with Crippen LogP contribution in [0.2, 0.25) is 0 Å². The molecular weight excluding hydrogens is 262 g/mol. The summed E-state index contributed by atoms with van der Waals surface area (Å²) in [5.74, 6) is -0.477. The second-order valence-corrected chi connectivity index (χ2v) is 4.09. The van der Waals surface area contributed by atoms with Gasteiger partial charge in [-0.25, -0.2) is 4.79 Å². The normalized spacial score (nSPS) is 11.5. The van der Waals surface area contributed by atoms with Crippen molar-refractivity contribution in [2.45, 2.75) is 26.0 Å². The van der Waals surface area contributed by atoms with Gasteiger partial charge in [0.15, 0.2) is 0 Å². The first kappa shape index (κ1) is 16.0. The number of alkyl carbamates (subject to hydrolysis) is 1. The summed E-state index contributed by atoms with van der Waals surface area (Å²) in [7, 11) is 0. The molecule has 1 aromatic carbocycles. The Labute approximate surface area is 117 Å². The van der Waals surface area contributed by atoms with Crippen LogP contribution in [0.25, 0.3) is 0 Å². The maximum Gasteiger partial charge on any atom is 0.407 e. The number of amides is 1. The number of benzene rings is 1. The fraction of sp³-hybridized carbons (Fsp3) is 0.429. The third kappa shape index (κ3) is 6.19. The fourth-order valence-electron chi connectivity index (χ4n) is 1.51. The molecule has 0 aromatic heterocycles. The number of carbonyl (C=O) groups is 2. The van der Waals surface area contributed by atoms with E-state index < -0.39 is 18.1 Å². The van der Waals surface area contributed by atoms with Crippen molar-refractivity contribution in [2.24, 2.45) is 0 Å². The molecule has 0 aliphatic heterocycles. The maximum absolute atomic E-state index is 11.5. The highest BCUT2D eigenvalue weighted by Gasteiger charge is 2.17. The minimum Gasteiger partial charge on any atom is -0.466 e. The summed E-state index contributed by atoms with van der Waals surface area (Å²) >= 11 is 0. The van der Waals surface area contributed by atoms with E-state index in [1.165, 1.54) is 0 Å². The Morgan fingerprint density at radius 3 is 2.55 bits per heavy atom. The number of hydrogen-bond donors (Lipinski definition) is 2. The highest BCUT2D eigenvalue weighted by molar-refractivity contribution is 5.72. The number of carbonyl (C=O) groups excluding carboxylic acids is 2. The first-order chi connectivity index (χ1) is 9.65. The fourth-order valence-corrected chi connectivity index (χ4v) is 1.51. The number of rotatable bonds is 7. The van der Waals surface area contributed by atoms with Crippen molar-refractivity contribution in [3.63, 3.8) is 0 Å². The summed E-state index contributed by atoms with van der Waals surface area (Å²) in [4.78, 5) is 22.8. The van der Waals surface area contributed by atoms with Crippen LogP contribution in [0.5, 0.6) is 0 Å². The summed E-state index contributed by atoms with van der Waals surface area (Å²) in [5, 5.41) is 11.5. The highest BCUT2D eigenvalue weighted by Crippen LogP contribution is 2.01. The quantitative estimate of drug-likeness (QED) is 0.734. The molecule has 0 spiro atoms. The zero-order chi connectivity index (χ0) is 14.8. The van der Waals surface area contributed by atoms with Crippen molar-refractivity contribution in [3.05, 3.63) is 35.9 Å². The van der Waals surface area contributed by atoms with Gasteiger partial charge in [-0.15, -0.1) is 0 Å². The van der Waals surface area contributed by atoms with Crippen molar-refractivity contribution in [1.82, 2.24) is 5.32 Å². The van der Waals surface area contributed by atoms with Crippen molar-refractivity contribution in [2.75, 3.05) is 13.2 Å². The van der Waals surface area contributed by atoms with Gasteiger partial charge in [0.2, 0.25) is 0 Å². The van der Waals surface area contributed by atoms with Crippen LogP contribution in [0.15, 0.2) is 30.3 Å². The van der Waals surface area contributed by atoms with Crippen LogP contribution in [-0.4, -0.2) is 36.4 Å². The predicted molar refractivity (Wildman–Crippen MR) is 71.9 cm³/mol. The lowest BCUT2D eigenvalue weighted by atomic mass is 10.2. The molecule has 1 rings (SSSR count). The monoisotopic (exact) mass is 281 g/mol. The third-order valence-electron chi connectivity index (χ3n) is 2.47. The van der Waals surface area contributed by atoms with Crippen molar-refractivity contribution in [1.29, 1.82) is 0 Å². The van der Waals surface area contributed by atoms with Crippen LogP contribution in [0.3, 0.4) is 0 Å². The van der Waals surface area contributed by atoms with E-state index in [4.69, 9.17) is 14.6 Å². The Bertz CT molecular complexity index is 421. The molecule has 0 fully saturated rings. The Morgan fingerprint density at radius 1 is 1.25 bits per heavy atom. The lowest BCUT2D eigenvalue weighted by Gasteiger charge is -2.15. The van der Waals surface area contributed by atoms with Gasteiger partial charge < -0.3 is 19.9 Å². The van der Waals surface area contributed by atoms with E-state index in [-0.39, 0.29) is 26.2 Å². The number of hydrogen-bond acceptors (Lipinski definition) is 5. The average molecular weight is 281 g/mol. The number of aliphatic hydroxyl groups is 1. The first-order valence-electron chi connectivity index (χ1n) is 6.39. The summed E-state index contributed by atoms with van der Waals surface area (Å²) in [5.41, 5.74) is 0.855. The lowest BCUT2D eigenvalue weighted by molar-refractivity contribution is -0.143. The molecule has 0 unspecified atom stereocenters. The van der Waals surface area contributed by atoms with Crippen molar-refractivity contribution in [3.8, 4) is 0 Å². The minimum absolute atomic E-state index is 0.0925. The molecule has 6 nitrogen and oxygen atoms in total. The molecule has 0 saturated carbocycles. The Hall–Kier alpha value is -2.08. The Morgan fingerprint density at radius 2 is 1.95 bits per heavy atom. The minimum atomic E-state index is -0.711. The van der Waals surface area contributed by atoms with E-state index in [0.717, 1.165) is 5.56 Å². The Balaban J connectivity index is 2.34. The second-order valence-electron chi connectivity index (χ2n) is 4.09. The molecule has 110 valence electrons. The summed E-state index contributed by atoms with van der Waals surface area (Å²) in [6.45, 7) is 1.71. The molecule has 20 heavy (non-hydrogen) atoms. The topological polar surface area (TPSA) is 84.9 Å². The molecular formula is C14H19NO5. The van der Waals surface area contributed by atoms with E-state index in [1.807, 2.05) is 30.3 Å². The van der Waals surface area contributed by atoms with E-state index >= 15 is 0 Å². The summed E-state index contributed by atoms with van der Waals surface area (Å²) < 4.78 is 9.73. The SMILES string of the molecule is CCOC(=O)C[C@@H](CO)NC(=O)OCc1ccccc1. The van der Waals surface area contributed by atoms with Gasteiger partial charge in [-0.1, -0.05) is 30.3 Å². The van der Waals surface area contributed by atoms with Gasteiger partial charge in [-0.2, -0.15) is 0 Å². The van der Waals surface area contributed by atoms with Gasteiger partial charge in [0, 0.05) is 0 Å². The molecule has 0 heterocycles. The van der Waals surface area contributed by atoms with Gasteiger partial charge in [-0.05, 0) is 12.5 Å². The van der Waals surface area contributed by atoms with Crippen LogP contribution in [-0.2, 0) is 20.9 Å². The number of ether oxygens (including phenoxy) is 2. The summed E-state index contributed by atoms with van der Waals surface area (Å²) in [6.07, 6.45) is -0.776. The molecule has 0 saturated heterocycles. The zero-order valence-corrected chi connectivity index (χ0v) is 11.4. The molecule has 1 amide bonds. The van der Waals surface area contributed by atoms with Crippen LogP contribution in [0.4, 0.5) is 4.79 Å². The molecule has 0 radical (unpaired) electrons. The zero-order valence-electron chi connectivity index (χ0n) is 11.4. The first-order valence-corrected chi connectivity index (χ1v) is 6.39. The molecule has 0 aliphatic rings. The molecule has 6 heteroatoms. The van der Waals surface area contributed by atoms with E-state index in [0.29, 0.717) is 0 Å². The van der Waals surface area contributed by atoms with Gasteiger partial charge in [-0.3, -0.25) is 4.79 Å². The number of nitrogens with one attached hydrogen (secondary N) is 1. The summed E-state index contributed by atoms with van der Waals surface area (Å²) in [6, 6.07) is 8.49. The van der Waals surface area contributed by atoms with Gasteiger partial charge in [0.05, 0.1) is 25.7 Å². The maximum atomic E-state index is 11.5. The van der Waals surface area contributed by atoms with Crippen LogP contribution < -0.4 is 5.32 Å². The highest BCUT2D eigenvalue weighted by atomic mass is 16.5. The van der Waals surface area contributed by atoms with Crippen LogP contribution >= 0.6 is 0 Å². The van der Waals surface area contributed by atoms with E-state index in [9.17, 15) is 9.59 Å². The van der Waals surface area contributed by atoms with Gasteiger partial charge >= 0.3 is 12.1 Å². The molecule has 0 aliphatic carbocycles. The molecule has 1 atom stereocenters. The lowest BCUT2D eigenvalue weighted by Crippen LogP contribution is -2.39. The van der Waals surface area contributed by atoms with E-state index in [1.54, 1.807) is 6.92 Å². The smallest absolute Gasteiger partial charge is 0.407 e. The predicted octanol–water partition coefficient (Wildman–Crippen LogP) is 1.23. The van der Waals surface area contributed by atoms with Crippen LogP contribution in [0.1, 0.15) is 18.9 Å². The third-order valence-corrected chi connectivity index (χ3v) is 2.47. The average Bonchev–Trinajstić information content (AvgIpc) is 2.45. The Kier molecular flexibility index (Phi) is 7.13. The van der Waals surface area contributed by atoms with Crippen LogP contribution in [0, 0.1) is 0 Å². The molecule has 1 aromatic rings. The van der Waals surface area contributed by atoms with Gasteiger partial charge in [0.25, 0.3) is 0 Å². The number of aliphatic hydroxyl groups excluding tert-OH is 1. The molecule has 2 N–H and O–H groups in total. The van der Waals surface area contributed by atoms with Crippen molar-refractivity contribution < 1.29 is 24.2 Å². The molecule has 0 bridgehead atoms. The second kappa shape index (κ2) is 8.92. The van der Waals surface area contributed by atoms with Gasteiger partial charge in [0.1, 0.15) is 6.61 Å². The standard InChI is InChI=1S/C14H19NO5/c1-2-19-13(17)8-12(9-16)15-14(18)20-10-11-6-4-3-5-7-11/h3-7,12,16H,2,8-10H2,1H3,(H,15,18)/t12-/m0/s1. The van der Waals surface area contributed by atoms with Crippen molar-refractivity contribution >= 4 is 12.1 Å². The van der Waals surface area contributed by atoms with E-state index in [2.05, 4.69) is 5.32 Å².